The maximum atomic E-state index is 12.5. The van der Waals surface area contributed by atoms with Crippen molar-refractivity contribution in [1.82, 2.24) is 10.3 Å². The van der Waals surface area contributed by atoms with Crippen LogP contribution in [-0.4, -0.2) is 23.2 Å². The normalized spacial score (nSPS) is 14.8. The number of hydrogen-bond donors (Lipinski definition) is 2. The highest BCUT2D eigenvalue weighted by Crippen LogP contribution is 2.14. The third-order valence-corrected chi connectivity index (χ3v) is 4.04. The van der Waals surface area contributed by atoms with Gasteiger partial charge < -0.3 is 10.6 Å². The summed E-state index contributed by atoms with van der Waals surface area (Å²) in [6.45, 7) is 8.34. The third-order valence-electron chi connectivity index (χ3n) is 4.04. The molecule has 0 atom stereocenters. The van der Waals surface area contributed by atoms with Crippen molar-refractivity contribution < 1.29 is 4.79 Å². The van der Waals surface area contributed by atoms with Crippen molar-refractivity contribution in [3.05, 3.63) is 89.9 Å². The molecule has 26 heavy (non-hydrogen) atoms. The number of rotatable bonds is 5. The smallest absolute Gasteiger partial charge is 0.274 e. The Morgan fingerprint density at radius 2 is 1.85 bits per heavy atom. The number of aryl methyl sites for hydroxylation is 1. The molecule has 5 heteroatoms. The summed E-state index contributed by atoms with van der Waals surface area (Å²) in [5.74, 6) is 0.221. The molecule has 0 aliphatic carbocycles. The number of anilines is 1. The topological polar surface area (TPSA) is 56.7 Å². The van der Waals surface area contributed by atoms with Crippen LogP contribution in [0, 0.1) is 6.92 Å². The average Bonchev–Trinajstić information content (AvgIpc) is 2.64. The van der Waals surface area contributed by atoms with Gasteiger partial charge in [0.05, 0.1) is 12.3 Å². The molecule has 0 unspecified atom stereocenters. The van der Waals surface area contributed by atoms with Crippen molar-refractivity contribution in [3.63, 3.8) is 0 Å². The van der Waals surface area contributed by atoms with Crippen LogP contribution in [0.3, 0.4) is 0 Å². The van der Waals surface area contributed by atoms with Crippen molar-refractivity contribution in [2.24, 2.45) is 5.10 Å². The predicted molar refractivity (Wildman–Crippen MR) is 106 cm³/mol. The molecule has 0 aromatic heterocycles. The molecule has 1 aliphatic heterocycles. The summed E-state index contributed by atoms with van der Waals surface area (Å²) in [6, 6.07) is 17.8. The van der Waals surface area contributed by atoms with E-state index in [0.29, 0.717) is 12.4 Å². The number of nitrogens with zero attached hydrogens (tertiary/aromatic N) is 2. The van der Waals surface area contributed by atoms with Gasteiger partial charge in [-0.3, -0.25) is 4.79 Å². The van der Waals surface area contributed by atoms with Gasteiger partial charge in [0.15, 0.2) is 0 Å². The van der Waals surface area contributed by atoms with Crippen LogP contribution in [0.15, 0.2) is 83.9 Å². The maximum Gasteiger partial charge on any atom is 0.274 e. The van der Waals surface area contributed by atoms with E-state index in [-0.39, 0.29) is 5.91 Å². The van der Waals surface area contributed by atoms with E-state index in [2.05, 4.69) is 22.3 Å². The number of amides is 1. The van der Waals surface area contributed by atoms with Crippen LogP contribution in [0.4, 0.5) is 5.69 Å². The minimum absolute atomic E-state index is 0.218. The highest BCUT2D eigenvalue weighted by molar-refractivity contribution is 6.00. The molecule has 0 saturated heterocycles. The number of carbonyl (C=O) groups is 1. The number of hydrazone groups is 1. The Labute approximate surface area is 153 Å². The van der Waals surface area contributed by atoms with Gasteiger partial charge in [0.2, 0.25) is 0 Å². The first-order valence-electron chi connectivity index (χ1n) is 8.45. The lowest BCUT2D eigenvalue weighted by Gasteiger charge is -2.26. The summed E-state index contributed by atoms with van der Waals surface area (Å²) in [6.07, 6.45) is 1.54. The molecule has 0 radical (unpaired) electrons. The summed E-state index contributed by atoms with van der Waals surface area (Å²) >= 11 is 0. The molecule has 5 nitrogen and oxygen atoms in total. The minimum Gasteiger partial charge on any atom is -0.379 e. The Morgan fingerprint density at radius 1 is 1.15 bits per heavy atom. The van der Waals surface area contributed by atoms with E-state index in [1.165, 1.54) is 16.6 Å². The molecule has 132 valence electrons. The Balaban J connectivity index is 1.70. The van der Waals surface area contributed by atoms with E-state index in [4.69, 9.17) is 0 Å². The van der Waals surface area contributed by atoms with E-state index >= 15 is 0 Å². The molecule has 1 amide bonds. The Morgan fingerprint density at radius 3 is 2.50 bits per heavy atom. The van der Waals surface area contributed by atoms with Crippen molar-refractivity contribution in [1.29, 1.82) is 0 Å². The number of carbonyl (C=O) groups excluding carboxylic acids is 1. The van der Waals surface area contributed by atoms with E-state index in [1.807, 2.05) is 68.4 Å². The Hall–Kier alpha value is -3.34. The number of nitrogens with one attached hydrogen (secondary N) is 2. The summed E-state index contributed by atoms with van der Waals surface area (Å²) in [5.41, 5.74) is 4.64. The average molecular weight is 346 g/mol. The predicted octanol–water partition coefficient (Wildman–Crippen LogP) is 3.62. The Bertz CT molecular complexity index is 867. The summed E-state index contributed by atoms with van der Waals surface area (Å²) in [7, 11) is 0. The molecule has 0 fully saturated rings. The summed E-state index contributed by atoms with van der Waals surface area (Å²) in [5, 5.41) is 12.1. The first kappa shape index (κ1) is 17.5. The first-order valence-corrected chi connectivity index (χ1v) is 8.45. The second kappa shape index (κ2) is 7.70. The quantitative estimate of drug-likeness (QED) is 0.813. The fourth-order valence-corrected chi connectivity index (χ4v) is 2.58. The van der Waals surface area contributed by atoms with Gasteiger partial charge in [0, 0.05) is 17.5 Å². The lowest BCUT2D eigenvalue weighted by Crippen LogP contribution is -2.38. The summed E-state index contributed by atoms with van der Waals surface area (Å²) < 4.78 is 0. The van der Waals surface area contributed by atoms with Crippen LogP contribution in [-0.2, 0) is 4.79 Å². The van der Waals surface area contributed by atoms with Gasteiger partial charge in [-0.15, -0.1) is 0 Å². The lowest BCUT2D eigenvalue weighted by molar-refractivity contribution is -0.125. The van der Waals surface area contributed by atoms with Crippen molar-refractivity contribution in [2.45, 2.75) is 13.8 Å². The van der Waals surface area contributed by atoms with E-state index in [0.717, 1.165) is 22.7 Å². The minimum atomic E-state index is -0.218. The number of hydrogen-bond acceptors (Lipinski definition) is 4. The van der Waals surface area contributed by atoms with Gasteiger partial charge in [-0.1, -0.05) is 54.6 Å². The highest BCUT2D eigenvalue weighted by atomic mass is 16.2. The van der Waals surface area contributed by atoms with Crippen LogP contribution in [0.5, 0.6) is 0 Å². The van der Waals surface area contributed by atoms with E-state index < -0.39 is 0 Å². The molecule has 1 heterocycles. The monoisotopic (exact) mass is 346 g/mol. The van der Waals surface area contributed by atoms with Gasteiger partial charge >= 0.3 is 0 Å². The molecule has 3 rings (SSSR count). The zero-order valence-electron chi connectivity index (χ0n) is 15.0. The second-order valence-electron chi connectivity index (χ2n) is 6.16. The molecule has 2 aromatic rings. The van der Waals surface area contributed by atoms with Gasteiger partial charge in [0.1, 0.15) is 5.82 Å². The molecule has 2 aromatic carbocycles. The van der Waals surface area contributed by atoms with Crippen LogP contribution >= 0.6 is 0 Å². The molecule has 0 spiro atoms. The first-order chi connectivity index (χ1) is 12.5. The fraction of sp³-hybridized carbons (Fsp3) is 0.143. The van der Waals surface area contributed by atoms with Crippen LogP contribution in [0.2, 0.25) is 0 Å². The van der Waals surface area contributed by atoms with Crippen LogP contribution in [0.25, 0.3) is 0 Å². The van der Waals surface area contributed by atoms with Crippen LogP contribution in [0.1, 0.15) is 18.1 Å². The van der Waals surface area contributed by atoms with Crippen molar-refractivity contribution >= 4 is 17.3 Å². The fourth-order valence-electron chi connectivity index (χ4n) is 2.58. The second-order valence-corrected chi connectivity index (χ2v) is 6.16. The molecule has 1 aliphatic rings. The molecule has 0 saturated carbocycles. The van der Waals surface area contributed by atoms with Gasteiger partial charge in [-0.2, -0.15) is 10.1 Å². The lowest BCUT2D eigenvalue weighted by atomic mass is 10.1. The van der Waals surface area contributed by atoms with Gasteiger partial charge in [0.25, 0.3) is 5.91 Å². The molecular weight excluding hydrogens is 324 g/mol. The number of para-hydroxylation sites is 1. The van der Waals surface area contributed by atoms with Gasteiger partial charge in [-0.25, -0.2) is 0 Å². The third kappa shape index (κ3) is 4.19. The maximum absolute atomic E-state index is 12.5. The standard InChI is InChI=1S/C21H22N4O/c1-15-9-11-18(12-10-15)16(2)24-25-17(3)23-20(13-21(25)26)14-22-19-7-5-4-6-8-19/h4-13,22-23H,3,14H2,1-2H3/b24-16+. The SMILES string of the molecule is C=C1NC(CNc2ccccc2)=CC(=O)N1/N=C(\C)c1ccc(C)cc1. The molecular formula is C21H22N4O. The van der Waals surface area contributed by atoms with Gasteiger partial charge in [-0.05, 0) is 31.5 Å². The molecule has 0 bridgehead atoms. The molecule has 2 N–H and O–H groups in total. The zero-order valence-corrected chi connectivity index (χ0v) is 15.0. The largest absolute Gasteiger partial charge is 0.379 e. The van der Waals surface area contributed by atoms with Crippen LogP contribution < -0.4 is 10.6 Å². The number of benzene rings is 2. The van der Waals surface area contributed by atoms with Crippen molar-refractivity contribution in [2.75, 3.05) is 11.9 Å². The Kier molecular flexibility index (Phi) is 5.17. The summed E-state index contributed by atoms with van der Waals surface area (Å²) in [4.78, 5) is 12.5. The van der Waals surface area contributed by atoms with E-state index in [9.17, 15) is 4.79 Å². The highest BCUT2D eigenvalue weighted by Gasteiger charge is 2.21. The zero-order chi connectivity index (χ0) is 18.5. The van der Waals surface area contributed by atoms with Crippen molar-refractivity contribution in [3.8, 4) is 0 Å². The van der Waals surface area contributed by atoms with E-state index in [1.54, 1.807) is 0 Å².